The third-order valence-corrected chi connectivity index (χ3v) is 6.48. The first-order chi connectivity index (χ1) is 15.6. The molecule has 174 valence electrons. The summed E-state index contributed by atoms with van der Waals surface area (Å²) < 4.78 is 18.9. The zero-order valence-corrected chi connectivity index (χ0v) is 20.6. The SMILES string of the molecule is CC(C)(COc1cc(Br)ccc1-c1cc(=O)c2cccc(Cl)c2o1)CO[C@H]1C[C@@H](C(=O)O)C1. The minimum atomic E-state index is -0.763. The number of aliphatic carboxylic acids is 1. The van der Waals surface area contributed by atoms with Crippen LogP contribution in [0.3, 0.4) is 0 Å². The lowest BCUT2D eigenvalue weighted by molar-refractivity contribution is -0.152. The number of ether oxygens (including phenoxy) is 2. The van der Waals surface area contributed by atoms with Gasteiger partial charge in [-0.1, -0.05) is 47.4 Å². The van der Waals surface area contributed by atoms with E-state index in [1.54, 1.807) is 18.2 Å². The highest BCUT2D eigenvalue weighted by Crippen LogP contribution is 2.36. The van der Waals surface area contributed by atoms with Crippen LogP contribution in [0.5, 0.6) is 5.75 Å². The molecule has 8 heteroatoms. The van der Waals surface area contributed by atoms with E-state index in [9.17, 15) is 9.59 Å². The zero-order valence-electron chi connectivity index (χ0n) is 18.3. The fourth-order valence-electron chi connectivity index (χ4n) is 3.66. The van der Waals surface area contributed by atoms with Crippen LogP contribution in [0.15, 0.2) is 56.1 Å². The van der Waals surface area contributed by atoms with Gasteiger partial charge >= 0.3 is 5.97 Å². The molecule has 1 aromatic heterocycles. The number of benzene rings is 2. The predicted octanol–water partition coefficient (Wildman–Crippen LogP) is 6.16. The van der Waals surface area contributed by atoms with Gasteiger partial charge in [0.1, 0.15) is 11.5 Å². The Labute approximate surface area is 204 Å². The molecule has 1 N–H and O–H groups in total. The highest BCUT2D eigenvalue weighted by molar-refractivity contribution is 9.10. The zero-order chi connectivity index (χ0) is 23.8. The van der Waals surface area contributed by atoms with Crippen LogP contribution in [0.2, 0.25) is 5.02 Å². The Morgan fingerprint density at radius 1 is 1.21 bits per heavy atom. The average Bonchev–Trinajstić information content (AvgIpc) is 2.71. The maximum atomic E-state index is 12.6. The molecular weight excluding hydrogens is 512 g/mol. The number of hydrogen-bond acceptors (Lipinski definition) is 5. The molecule has 2 aromatic carbocycles. The second-order valence-electron chi connectivity index (χ2n) is 9.12. The van der Waals surface area contributed by atoms with Crippen LogP contribution in [0, 0.1) is 11.3 Å². The van der Waals surface area contributed by atoms with Crippen molar-refractivity contribution in [2.75, 3.05) is 13.2 Å². The van der Waals surface area contributed by atoms with Crippen molar-refractivity contribution in [2.24, 2.45) is 11.3 Å². The van der Waals surface area contributed by atoms with Gasteiger partial charge in [0.15, 0.2) is 11.0 Å². The number of halogens is 2. The molecule has 0 amide bonds. The second-order valence-corrected chi connectivity index (χ2v) is 10.4. The number of carbonyl (C=O) groups is 1. The van der Waals surface area contributed by atoms with E-state index in [0.717, 1.165) is 4.47 Å². The summed E-state index contributed by atoms with van der Waals surface area (Å²) in [5.41, 5.74) is 0.472. The lowest BCUT2D eigenvalue weighted by atomic mass is 9.82. The molecule has 0 bridgehead atoms. The molecule has 4 rings (SSSR count). The Balaban J connectivity index is 1.51. The van der Waals surface area contributed by atoms with Crippen molar-refractivity contribution in [1.82, 2.24) is 0 Å². The minimum Gasteiger partial charge on any atom is -0.492 e. The number of hydrogen-bond donors (Lipinski definition) is 1. The standard InChI is InChI=1S/C25H24BrClO6/c1-25(2,12-31-16-8-14(9-16)24(29)30)13-32-21-10-15(26)6-7-18(21)22-11-20(28)17-4-3-5-19(27)23(17)33-22/h3-7,10-11,14,16H,8-9,12-13H2,1-2H3,(H,29,30)/t14-,16+. The summed E-state index contributed by atoms with van der Waals surface area (Å²) >= 11 is 9.73. The lowest BCUT2D eigenvalue weighted by Crippen LogP contribution is -2.39. The Morgan fingerprint density at radius 2 is 1.97 bits per heavy atom. The predicted molar refractivity (Wildman–Crippen MR) is 130 cm³/mol. The van der Waals surface area contributed by atoms with Crippen molar-refractivity contribution in [1.29, 1.82) is 0 Å². The summed E-state index contributed by atoms with van der Waals surface area (Å²) in [6.07, 6.45) is 1.07. The Bertz CT molecular complexity index is 1250. The smallest absolute Gasteiger partial charge is 0.306 e. The summed E-state index contributed by atoms with van der Waals surface area (Å²) in [6, 6.07) is 12.0. The highest BCUT2D eigenvalue weighted by Gasteiger charge is 2.36. The van der Waals surface area contributed by atoms with Crippen LogP contribution < -0.4 is 10.2 Å². The van der Waals surface area contributed by atoms with Gasteiger partial charge in [-0.2, -0.15) is 0 Å². The van der Waals surface area contributed by atoms with E-state index < -0.39 is 5.97 Å². The molecule has 6 nitrogen and oxygen atoms in total. The molecule has 1 aliphatic rings. The molecule has 0 aliphatic heterocycles. The van der Waals surface area contributed by atoms with E-state index in [2.05, 4.69) is 15.9 Å². The quantitative estimate of drug-likeness (QED) is 0.372. The van der Waals surface area contributed by atoms with E-state index in [-0.39, 0.29) is 22.9 Å². The van der Waals surface area contributed by atoms with Gasteiger partial charge in [0, 0.05) is 16.0 Å². The normalized spacial score (nSPS) is 18.2. The molecule has 0 unspecified atom stereocenters. The molecule has 0 saturated heterocycles. The Kier molecular flexibility index (Phi) is 6.84. The summed E-state index contributed by atoms with van der Waals surface area (Å²) in [5.74, 6) is -0.141. The summed E-state index contributed by atoms with van der Waals surface area (Å²) in [6.45, 7) is 4.83. The Hall–Kier alpha value is -2.35. The summed E-state index contributed by atoms with van der Waals surface area (Å²) in [5, 5.41) is 9.80. The van der Waals surface area contributed by atoms with Crippen molar-refractivity contribution in [3.05, 3.63) is 62.2 Å². The molecule has 0 atom stereocenters. The van der Waals surface area contributed by atoms with Crippen LogP contribution >= 0.6 is 27.5 Å². The van der Waals surface area contributed by atoms with Gasteiger partial charge in [0.05, 0.1) is 41.2 Å². The molecular formula is C25H24BrClO6. The third-order valence-electron chi connectivity index (χ3n) is 5.69. The third kappa shape index (κ3) is 5.42. The topological polar surface area (TPSA) is 86.0 Å². The number of carboxylic acid groups (broad SMARTS) is 1. The van der Waals surface area contributed by atoms with Gasteiger partial charge in [-0.25, -0.2) is 0 Å². The summed E-state index contributed by atoms with van der Waals surface area (Å²) in [4.78, 5) is 23.6. The van der Waals surface area contributed by atoms with Gasteiger partial charge in [0.25, 0.3) is 0 Å². The first-order valence-corrected chi connectivity index (χ1v) is 11.8. The van der Waals surface area contributed by atoms with Crippen molar-refractivity contribution < 1.29 is 23.8 Å². The fraction of sp³-hybridized carbons (Fsp3) is 0.360. The van der Waals surface area contributed by atoms with Crippen LogP contribution in [0.1, 0.15) is 26.7 Å². The highest BCUT2D eigenvalue weighted by atomic mass is 79.9. The van der Waals surface area contributed by atoms with Gasteiger partial charge in [-0.15, -0.1) is 0 Å². The number of para-hydroxylation sites is 1. The number of fused-ring (bicyclic) bond motifs is 1. The monoisotopic (exact) mass is 534 g/mol. The molecule has 1 heterocycles. The number of carboxylic acids is 1. The van der Waals surface area contributed by atoms with E-state index in [1.807, 2.05) is 32.0 Å². The van der Waals surface area contributed by atoms with Gasteiger partial charge in [-0.3, -0.25) is 9.59 Å². The van der Waals surface area contributed by atoms with E-state index in [1.165, 1.54) is 6.07 Å². The van der Waals surface area contributed by atoms with Crippen LogP contribution in [0.25, 0.3) is 22.3 Å². The average molecular weight is 536 g/mol. The van der Waals surface area contributed by atoms with Crippen molar-refractivity contribution in [2.45, 2.75) is 32.8 Å². The Morgan fingerprint density at radius 3 is 2.70 bits per heavy atom. The maximum Gasteiger partial charge on any atom is 0.306 e. The van der Waals surface area contributed by atoms with Crippen LogP contribution in [0.4, 0.5) is 0 Å². The van der Waals surface area contributed by atoms with Crippen molar-refractivity contribution in [3.63, 3.8) is 0 Å². The molecule has 1 saturated carbocycles. The molecule has 1 aliphatic carbocycles. The van der Waals surface area contributed by atoms with Gasteiger partial charge in [-0.05, 0) is 43.2 Å². The molecule has 1 fully saturated rings. The van der Waals surface area contributed by atoms with Crippen molar-refractivity contribution in [3.8, 4) is 17.1 Å². The fourth-order valence-corrected chi connectivity index (χ4v) is 4.21. The van der Waals surface area contributed by atoms with E-state index in [4.69, 9.17) is 30.6 Å². The molecule has 0 radical (unpaired) electrons. The van der Waals surface area contributed by atoms with E-state index in [0.29, 0.717) is 59.1 Å². The lowest BCUT2D eigenvalue weighted by Gasteiger charge is -2.35. The first-order valence-electron chi connectivity index (χ1n) is 10.6. The molecule has 0 spiro atoms. The molecule has 3 aromatic rings. The minimum absolute atomic E-state index is 0.0246. The van der Waals surface area contributed by atoms with E-state index >= 15 is 0 Å². The maximum absolute atomic E-state index is 12.6. The summed E-state index contributed by atoms with van der Waals surface area (Å²) in [7, 11) is 0. The van der Waals surface area contributed by atoms with Crippen LogP contribution in [-0.4, -0.2) is 30.4 Å². The molecule has 33 heavy (non-hydrogen) atoms. The first kappa shape index (κ1) is 23.8. The van der Waals surface area contributed by atoms with Crippen LogP contribution in [-0.2, 0) is 9.53 Å². The van der Waals surface area contributed by atoms with Gasteiger partial charge in [0.2, 0.25) is 0 Å². The van der Waals surface area contributed by atoms with Gasteiger partial charge < -0.3 is 19.0 Å². The largest absolute Gasteiger partial charge is 0.492 e. The van der Waals surface area contributed by atoms with Crippen molar-refractivity contribution >= 4 is 44.5 Å². The second kappa shape index (κ2) is 9.49. The number of rotatable bonds is 8.